The second-order valence-electron chi connectivity index (χ2n) is 2.31. The number of hydrazine groups is 1. The molecule has 1 radical (unpaired) electrons. The maximum Gasteiger partial charge on any atom is 0.171 e. The van der Waals surface area contributed by atoms with Crippen LogP contribution >= 0.6 is 0 Å². The van der Waals surface area contributed by atoms with Gasteiger partial charge in [-0.05, 0) is 12.2 Å². The minimum Gasteiger partial charge on any atom is -0.481 e. The molecule has 0 saturated heterocycles. The Labute approximate surface area is 59.9 Å². The number of nitrogens with zero attached hydrogens (tertiary/aromatic N) is 1. The molecule has 0 fully saturated rings. The van der Waals surface area contributed by atoms with Crippen LogP contribution in [0.1, 0.15) is 6.42 Å². The maximum absolute atomic E-state index is 5.26. The van der Waals surface area contributed by atoms with Gasteiger partial charge in [0, 0.05) is 13.0 Å². The molecule has 0 aromatic carbocycles. The van der Waals surface area contributed by atoms with Crippen LogP contribution in [0, 0.1) is 6.20 Å². The summed E-state index contributed by atoms with van der Waals surface area (Å²) in [4.78, 5) is 0. The molecule has 2 aliphatic heterocycles. The Morgan fingerprint density at radius 1 is 1.70 bits per heavy atom. The number of rotatable bonds is 1. The van der Waals surface area contributed by atoms with Gasteiger partial charge in [0.1, 0.15) is 0 Å². The molecule has 0 saturated carbocycles. The molecule has 1 unspecified atom stereocenters. The van der Waals surface area contributed by atoms with Crippen molar-refractivity contribution in [1.29, 1.82) is 0 Å². The quantitative estimate of drug-likeness (QED) is 0.565. The predicted octanol–water partition coefficient (Wildman–Crippen LogP) is 0.384. The summed E-state index contributed by atoms with van der Waals surface area (Å²) in [5, 5.41) is 2.00. The van der Waals surface area contributed by atoms with Crippen molar-refractivity contribution >= 4 is 0 Å². The van der Waals surface area contributed by atoms with Gasteiger partial charge < -0.3 is 10.2 Å². The van der Waals surface area contributed by atoms with Gasteiger partial charge in [0.05, 0.1) is 12.5 Å². The number of hydrogen-bond acceptors (Lipinski definition) is 3. The van der Waals surface area contributed by atoms with E-state index in [-0.39, 0.29) is 6.23 Å². The van der Waals surface area contributed by atoms with E-state index in [2.05, 4.69) is 11.6 Å². The summed E-state index contributed by atoms with van der Waals surface area (Å²) in [6, 6.07) is 0. The first-order valence-corrected chi connectivity index (χ1v) is 3.37. The minimum atomic E-state index is 0.172. The number of nitrogens with one attached hydrogen (secondary N) is 1. The molecule has 0 aromatic heterocycles. The fraction of sp³-hybridized carbons (Fsp3) is 0.429. The standard InChI is InChI=1S/C7H9N2O/c1-3-7(10-6-1)9-5-2-4-8-9/h1-2,6-8H,3,5H2. The second kappa shape index (κ2) is 2.34. The maximum atomic E-state index is 5.26. The van der Waals surface area contributed by atoms with Crippen LogP contribution in [0.2, 0.25) is 0 Å². The van der Waals surface area contributed by atoms with Gasteiger partial charge in [-0.3, -0.25) is 0 Å². The summed E-state index contributed by atoms with van der Waals surface area (Å²) in [5.41, 5.74) is 2.96. The Balaban J connectivity index is 1.89. The van der Waals surface area contributed by atoms with Crippen molar-refractivity contribution in [3.8, 4) is 0 Å². The van der Waals surface area contributed by atoms with Crippen LogP contribution < -0.4 is 5.43 Å². The average Bonchev–Trinajstić information content (AvgIpc) is 2.59. The molecule has 0 aliphatic carbocycles. The summed E-state index contributed by atoms with van der Waals surface area (Å²) in [6.45, 7) is 0.881. The van der Waals surface area contributed by atoms with Crippen LogP contribution in [0.4, 0.5) is 0 Å². The van der Waals surface area contributed by atoms with Gasteiger partial charge in [-0.1, -0.05) is 0 Å². The lowest BCUT2D eigenvalue weighted by molar-refractivity contribution is -0.00199. The van der Waals surface area contributed by atoms with Gasteiger partial charge in [0.25, 0.3) is 0 Å². The van der Waals surface area contributed by atoms with Gasteiger partial charge in [0.2, 0.25) is 0 Å². The van der Waals surface area contributed by atoms with Crippen LogP contribution in [0.5, 0.6) is 0 Å². The largest absolute Gasteiger partial charge is 0.481 e. The van der Waals surface area contributed by atoms with Gasteiger partial charge in [-0.15, -0.1) is 0 Å². The summed E-state index contributed by atoms with van der Waals surface area (Å²) < 4.78 is 5.26. The van der Waals surface area contributed by atoms with Gasteiger partial charge >= 0.3 is 0 Å². The zero-order valence-electron chi connectivity index (χ0n) is 5.58. The van der Waals surface area contributed by atoms with Crippen molar-refractivity contribution in [2.75, 3.05) is 6.54 Å². The molecule has 2 rings (SSSR count). The molecule has 1 atom stereocenters. The highest BCUT2D eigenvalue weighted by Crippen LogP contribution is 2.13. The monoisotopic (exact) mass is 137 g/mol. The zero-order valence-corrected chi connectivity index (χ0v) is 5.58. The molecule has 0 amide bonds. The van der Waals surface area contributed by atoms with Crippen molar-refractivity contribution in [3.05, 3.63) is 24.6 Å². The van der Waals surface area contributed by atoms with Gasteiger partial charge in [0.15, 0.2) is 6.23 Å². The lowest BCUT2D eigenvalue weighted by Crippen LogP contribution is -2.39. The Hall–Kier alpha value is -0.960. The van der Waals surface area contributed by atoms with E-state index in [4.69, 9.17) is 4.74 Å². The topological polar surface area (TPSA) is 24.5 Å². The molecule has 53 valence electrons. The Morgan fingerprint density at radius 3 is 3.30 bits per heavy atom. The van der Waals surface area contributed by atoms with Gasteiger partial charge in [-0.25, -0.2) is 0 Å². The Morgan fingerprint density at radius 2 is 2.70 bits per heavy atom. The molecule has 2 heterocycles. The first kappa shape index (κ1) is 5.80. The van der Waals surface area contributed by atoms with Crippen LogP contribution in [-0.4, -0.2) is 17.8 Å². The normalized spacial score (nSPS) is 30.6. The molecule has 0 aromatic rings. The highest BCUT2D eigenvalue weighted by atomic mass is 16.5. The van der Waals surface area contributed by atoms with E-state index in [1.54, 1.807) is 6.26 Å². The highest BCUT2D eigenvalue weighted by Gasteiger charge is 2.20. The predicted molar refractivity (Wildman–Crippen MR) is 36.3 cm³/mol. The third kappa shape index (κ3) is 0.885. The van der Waals surface area contributed by atoms with Crippen LogP contribution in [0.3, 0.4) is 0 Å². The third-order valence-corrected chi connectivity index (χ3v) is 1.62. The van der Waals surface area contributed by atoms with E-state index in [1.165, 1.54) is 0 Å². The Kier molecular flexibility index (Phi) is 1.36. The SMILES string of the molecule is [C]1=CCN(C2CC=CO2)N1. The Bertz CT molecular complexity index is 140. The first-order valence-electron chi connectivity index (χ1n) is 3.37. The third-order valence-electron chi connectivity index (χ3n) is 1.62. The van der Waals surface area contributed by atoms with E-state index < -0.39 is 0 Å². The fourth-order valence-corrected chi connectivity index (χ4v) is 1.08. The molecule has 3 heteroatoms. The van der Waals surface area contributed by atoms with E-state index >= 15 is 0 Å². The lowest BCUT2D eigenvalue weighted by atomic mass is 10.4. The van der Waals surface area contributed by atoms with E-state index in [9.17, 15) is 0 Å². The number of hydrogen-bond donors (Lipinski definition) is 1. The highest BCUT2D eigenvalue weighted by molar-refractivity contribution is 4.91. The van der Waals surface area contributed by atoms with Crippen molar-refractivity contribution < 1.29 is 4.74 Å². The van der Waals surface area contributed by atoms with Gasteiger partial charge in [-0.2, -0.15) is 5.01 Å². The van der Waals surface area contributed by atoms with Crippen molar-refractivity contribution in [2.45, 2.75) is 12.6 Å². The fourth-order valence-electron chi connectivity index (χ4n) is 1.08. The smallest absolute Gasteiger partial charge is 0.171 e. The molecule has 2 aliphatic rings. The van der Waals surface area contributed by atoms with Crippen LogP contribution in [-0.2, 0) is 4.74 Å². The molecular formula is C7H9N2O. The second-order valence-corrected chi connectivity index (χ2v) is 2.31. The summed E-state index contributed by atoms with van der Waals surface area (Å²) in [7, 11) is 0. The average molecular weight is 137 g/mol. The number of ether oxygens (including phenoxy) is 1. The molecule has 3 nitrogen and oxygen atoms in total. The van der Waals surface area contributed by atoms with Crippen molar-refractivity contribution in [3.63, 3.8) is 0 Å². The van der Waals surface area contributed by atoms with Crippen LogP contribution in [0.25, 0.3) is 0 Å². The summed E-state index contributed by atoms with van der Waals surface area (Å²) >= 11 is 0. The lowest BCUT2D eigenvalue weighted by Gasteiger charge is -2.22. The van der Waals surface area contributed by atoms with E-state index in [0.717, 1.165) is 13.0 Å². The molecule has 0 spiro atoms. The summed E-state index contributed by atoms with van der Waals surface area (Å²) in [5.74, 6) is 0. The molecule has 0 bridgehead atoms. The minimum absolute atomic E-state index is 0.172. The van der Waals surface area contributed by atoms with Crippen molar-refractivity contribution in [2.24, 2.45) is 0 Å². The van der Waals surface area contributed by atoms with E-state index in [1.807, 2.05) is 17.2 Å². The molecule has 10 heavy (non-hydrogen) atoms. The molecule has 1 N–H and O–H groups in total. The molecular weight excluding hydrogens is 128 g/mol. The van der Waals surface area contributed by atoms with Crippen molar-refractivity contribution in [1.82, 2.24) is 10.4 Å². The van der Waals surface area contributed by atoms with Crippen LogP contribution in [0.15, 0.2) is 18.4 Å². The summed E-state index contributed by atoms with van der Waals surface area (Å²) in [6.07, 6.45) is 9.73. The first-order chi connectivity index (χ1) is 4.97. The zero-order chi connectivity index (χ0) is 6.81. The van der Waals surface area contributed by atoms with E-state index in [0.29, 0.717) is 0 Å².